The summed E-state index contributed by atoms with van der Waals surface area (Å²) >= 11 is 0. The molecule has 1 aromatic carbocycles. The Bertz CT molecular complexity index is 275. The van der Waals surface area contributed by atoms with Gasteiger partial charge in [-0.3, -0.25) is 0 Å². The first-order valence-corrected chi connectivity index (χ1v) is 5.22. The van der Waals surface area contributed by atoms with Crippen molar-refractivity contribution in [1.29, 1.82) is 0 Å². The second-order valence-corrected chi connectivity index (χ2v) is 3.47. The van der Waals surface area contributed by atoms with Crippen LogP contribution in [0, 0.1) is 0 Å². The SMILES string of the molecule is CCCCC(=Cc1ccccc1)CO. The second-order valence-electron chi connectivity index (χ2n) is 3.47. The summed E-state index contributed by atoms with van der Waals surface area (Å²) in [4.78, 5) is 0. The first-order valence-electron chi connectivity index (χ1n) is 5.22. The molecule has 0 aromatic heterocycles. The van der Waals surface area contributed by atoms with Crippen molar-refractivity contribution < 1.29 is 5.11 Å². The molecule has 0 fully saturated rings. The van der Waals surface area contributed by atoms with E-state index in [9.17, 15) is 0 Å². The molecule has 0 atom stereocenters. The van der Waals surface area contributed by atoms with Crippen molar-refractivity contribution in [2.45, 2.75) is 26.2 Å². The largest absolute Gasteiger partial charge is 0.392 e. The third kappa shape index (κ3) is 3.75. The zero-order valence-corrected chi connectivity index (χ0v) is 8.74. The summed E-state index contributed by atoms with van der Waals surface area (Å²) in [5.41, 5.74) is 2.30. The Morgan fingerprint density at radius 3 is 2.57 bits per heavy atom. The van der Waals surface area contributed by atoms with Crippen LogP contribution in [0.5, 0.6) is 0 Å². The molecule has 0 amide bonds. The van der Waals surface area contributed by atoms with Crippen LogP contribution < -0.4 is 0 Å². The molecular formula is C13H18O. The van der Waals surface area contributed by atoms with Crippen LogP contribution in [0.2, 0.25) is 0 Å². The lowest BCUT2D eigenvalue weighted by Crippen LogP contribution is -1.90. The highest BCUT2D eigenvalue weighted by molar-refractivity contribution is 5.52. The molecule has 1 heteroatoms. The van der Waals surface area contributed by atoms with Gasteiger partial charge in [-0.05, 0) is 24.0 Å². The maximum absolute atomic E-state index is 9.15. The topological polar surface area (TPSA) is 20.2 Å². The smallest absolute Gasteiger partial charge is 0.0645 e. The molecule has 76 valence electrons. The summed E-state index contributed by atoms with van der Waals surface area (Å²) in [7, 11) is 0. The van der Waals surface area contributed by atoms with E-state index in [4.69, 9.17) is 5.11 Å². The predicted octanol–water partition coefficient (Wildman–Crippen LogP) is 3.25. The summed E-state index contributed by atoms with van der Waals surface area (Å²) in [5.74, 6) is 0. The van der Waals surface area contributed by atoms with Gasteiger partial charge in [0.05, 0.1) is 6.61 Å². The average molecular weight is 190 g/mol. The van der Waals surface area contributed by atoms with E-state index in [2.05, 4.69) is 25.1 Å². The first kappa shape index (κ1) is 11.0. The molecule has 0 spiro atoms. The summed E-state index contributed by atoms with van der Waals surface area (Å²) in [6, 6.07) is 10.1. The molecule has 0 saturated heterocycles. The minimum Gasteiger partial charge on any atom is -0.392 e. The normalized spacial score (nSPS) is 11.7. The highest BCUT2D eigenvalue weighted by Gasteiger charge is 1.95. The molecule has 0 bridgehead atoms. The van der Waals surface area contributed by atoms with Gasteiger partial charge in [0, 0.05) is 0 Å². The highest BCUT2D eigenvalue weighted by Crippen LogP contribution is 2.11. The number of hydrogen-bond donors (Lipinski definition) is 1. The fourth-order valence-corrected chi connectivity index (χ4v) is 1.39. The van der Waals surface area contributed by atoms with Crippen LogP contribution in [0.1, 0.15) is 31.7 Å². The van der Waals surface area contributed by atoms with Gasteiger partial charge < -0.3 is 5.11 Å². The lowest BCUT2D eigenvalue weighted by atomic mass is 10.1. The van der Waals surface area contributed by atoms with Crippen LogP contribution in [-0.4, -0.2) is 11.7 Å². The Morgan fingerprint density at radius 2 is 2.00 bits per heavy atom. The van der Waals surface area contributed by atoms with E-state index in [1.54, 1.807) is 0 Å². The number of aliphatic hydroxyl groups is 1. The third-order valence-corrected chi connectivity index (χ3v) is 2.22. The van der Waals surface area contributed by atoms with E-state index in [-0.39, 0.29) is 6.61 Å². The monoisotopic (exact) mass is 190 g/mol. The molecule has 0 radical (unpaired) electrons. The van der Waals surface area contributed by atoms with Crippen LogP contribution in [0.25, 0.3) is 6.08 Å². The molecule has 1 N–H and O–H groups in total. The summed E-state index contributed by atoms with van der Waals surface area (Å²) < 4.78 is 0. The van der Waals surface area contributed by atoms with E-state index in [1.807, 2.05) is 18.2 Å². The fraction of sp³-hybridized carbons (Fsp3) is 0.385. The Hall–Kier alpha value is -1.08. The van der Waals surface area contributed by atoms with Crippen molar-refractivity contribution >= 4 is 6.08 Å². The van der Waals surface area contributed by atoms with Gasteiger partial charge >= 0.3 is 0 Å². The number of unbranched alkanes of at least 4 members (excludes halogenated alkanes) is 1. The van der Waals surface area contributed by atoms with Crippen LogP contribution in [0.3, 0.4) is 0 Å². The Balaban J connectivity index is 2.64. The molecule has 0 saturated carbocycles. The van der Waals surface area contributed by atoms with Gasteiger partial charge in [-0.2, -0.15) is 0 Å². The molecular weight excluding hydrogens is 172 g/mol. The van der Waals surface area contributed by atoms with Crippen molar-refractivity contribution in [2.24, 2.45) is 0 Å². The van der Waals surface area contributed by atoms with Gasteiger partial charge in [-0.1, -0.05) is 49.8 Å². The first-order chi connectivity index (χ1) is 6.86. The van der Waals surface area contributed by atoms with Gasteiger partial charge in [0.1, 0.15) is 0 Å². The van der Waals surface area contributed by atoms with E-state index in [1.165, 1.54) is 12.0 Å². The van der Waals surface area contributed by atoms with Crippen LogP contribution >= 0.6 is 0 Å². The zero-order chi connectivity index (χ0) is 10.2. The summed E-state index contributed by atoms with van der Waals surface area (Å²) in [6.45, 7) is 2.34. The minimum absolute atomic E-state index is 0.175. The maximum atomic E-state index is 9.15. The molecule has 0 aliphatic carbocycles. The zero-order valence-electron chi connectivity index (χ0n) is 8.74. The lowest BCUT2D eigenvalue weighted by Gasteiger charge is -2.02. The van der Waals surface area contributed by atoms with Crippen molar-refractivity contribution in [3.8, 4) is 0 Å². The van der Waals surface area contributed by atoms with E-state index in [0.717, 1.165) is 18.4 Å². The van der Waals surface area contributed by atoms with Gasteiger partial charge in [0.2, 0.25) is 0 Å². The molecule has 0 aliphatic heterocycles. The van der Waals surface area contributed by atoms with Crippen molar-refractivity contribution in [3.63, 3.8) is 0 Å². The van der Waals surface area contributed by atoms with Gasteiger partial charge in [0.25, 0.3) is 0 Å². The Labute approximate surface area is 86.1 Å². The molecule has 14 heavy (non-hydrogen) atoms. The van der Waals surface area contributed by atoms with E-state index in [0.29, 0.717) is 0 Å². The van der Waals surface area contributed by atoms with Gasteiger partial charge in [0.15, 0.2) is 0 Å². The van der Waals surface area contributed by atoms with Crippen LogP contribution in [0.4, 0.5) is 0 Å². The van der Waals surface area contributed by atoms with E-state index >= 15 is 0 Å². The van der Waals surface area contributed by atoms with Gasteiger partial charge in [-0.25, -0.2) is 0 Å². The number of hydrogen-bond acceptors (Lipinski definition) is 1. The molecule has 0 heterocycles. The minimum atomic E-state index is 0.175. The molecule has 0 aliphatic rings. The van der Waals surface area contributed by atoms with Crippen LogP contribution in [0.15, 0.2) is 35.9 Å². The average Bonchev–Trinajstić information content (AvgIpc) is 2.25. The number of aliphatic hydroxyl groups excluding tert-OH is 1. The van der Waals surface area contributed by atoms with E-state index < -0.39 is 0 Å². The lowest BCUT2D eigenvalue weighted by molar-refractivity contribution is 0.327. The Morgan fingerprint density at radius 1 is 1.29 bits per heavy atom. The third-order valence-electron chi connectivity index (χ3n) is 2.22. The predicted molar refractivity (Wildman–Crippen MR) is 61.0 cm³/mol. The molecule has 1 nitrogen and oxygen atoms in total. The number of benzene rings is 1. The highest BCUT2D eigenvalue weighted by atomic mass is 16.3. The summed E-state index contributed by atoms with van der Waals surface area (Å²) in [5, 5.41) is 9.15. The van der Waals surface area contributed by atoms with Crippen molar-refractivity contribution in [3.05, 3.63) is 41.5 Å². The van der Waals surface area contributed by atoms with Crippen LogP contribution in [-0.2, 0) is 0 Å². The molecule has 0 unspecified atom stereocenters. The van der Waals surface area contributed by atoms with Crippen molar-refractivity contribution in [2.75, 3.05) is 6.61 Å². The fourth-order valence-electron chi connectivity index (χ4n) is 1.39. The number of rotatable bonds is 5. The maximum Gasteiger partial charge on any atom is 0.0645 e. The van der Waals surface area contributed by atoms with Crippen molar-refractivity contribution in [1.82, 2.24) is 0 Å². The molecule has 1 aromatic rings. The Kier molecular flexibility index (Phi) is 5.02. The summed E-state index contributed by atoms with van der Waals surface area (Å²) in [6.07, 6.45) is 5.41. The standard InChI is InChI=1S/C13H18O/c1-2-3-7-13(11-14)10-12-8-5-4-6-9-12/h4-6,8-10,14H,2-3,7,11H2,1H3. The quantitative estimate of drug-likeness (QED) is 0.755. The second kappa shape index (κ2) is 6.39. The molecule has 1 rings (SSSR count). The van der Waals surface area contributed by atoms with Gasteiger partial charge in [-0.15, -0.1) is 0 Å².